The number of nitriles is 2. The van der Waals surface area contributed by atoms with Crippen LogP contribution >= 0.6 is 0 Å². The number of aromatic nitrogens is 2. The molecular formula is C10H11N5O2. The van der Waals surface area contributed by atoms with Crippen molar-refractivity contribution in [3.05, 3.63) is 11.4 Å². The Morgan fingerprint density at radius 1 is 1.41 bits per heavy atom. The van der Waals surface area contributed by atoms with E-state index >= 15 is 0 Å². The van der Waals surface area contributed by atoms with Crippen LogP contribution in [0.2, 0.25) is 0 Å². The molecule has 1 rings (SSSR count). The van der Waals surface area contributed by atoms with E-state index in [1.165, 1.54) is 0 Å². The normalized spacial score (nSPS) is 10.2. The van der Waals surface area contributed by atoms with E-state index in [9.17, 15) is 4.79 Å². The summed E-state index contributed by atoms with van der Waals surface area (Å²) < 4.78 is 4.98. The molecule has 0 aliphatic heterocycles. The van der Waals surface area contributed by atoms with Crippen LogP contribution in [-0.4, -0.2) is 21.7 Å². The standard InChI is InChI=1S/C10H11N5O2/c1-10(2,3)17-9(16)15-8-13-6(4-11)7(5-12)14-8/h1-3H3,(H2,13,14,15,16). The highest BCUT2D eigenvalue weighted by atomic mass is 16.6. The number of anilines is 1. The van der Waals surface area contributed by atoms with Gasteiger partial charge in [0, 0.05) is 0 Å². The zero-order valence-electron chi connectivity index (χ0n) is 9.66. The fraction of sp³-hybridized carbons (Fsp3) is 0.400. The Morgan fingerprint density at radius 3 is 2.47 bits per heavy atom. The van der Waals surface area contributed by atoms with Gasteiger partial charge in [-0.3, -0.25) is 5.32 Å². The van der Waals surface area contributed by atoms with Crippen molar-refractivity contribution in [3.8, 4) is 12.1 Å². The summed E-state index contributed by atoms with van der Waals surface area (Å²) in [6.45, 7) is 5.16. The maximum Gasteiger partial charge on any atom is 0.414 e. The third-order valence-corrected chi connectivity index (χ3v) is 1.54. The number of imidazole rings is 1. The number of H-pyrrole nitrogens is 1. The molecule has 88 valence electrons. The van der Waals surface area contributed by atoms with Crippen LogP contribution in [0.3, 0.4) is 0 Å². The van der Waals surface area contributed by atoms with Crippen molar-refractivity contribution in [1.29, 1.82) is 10.5 Å². The van der Waals surface area contributed by atoms with Crippen molar-refractivity contribution in [3.63, 3.8) is 0 Å². The molecule has 0 aliphatic carbocycles. The number of ether oxygens (including phenoxy) is 1. The molecular weight excluding hydrogens is 222 g/mol. The van der Waals surface area contributed by atoms with E-state index in [0.29, 0.717) is 0 Å². The minimum absolute atomic E-state index is 0.00133. The van der Waals surface area contributed by atoms with Crippen molar-refractivity contribution in [2.75, 3.05) is 5.32 Å². The van der Waals surface area contributed by atoms with E-state index in [1.54, 1.807) is 32.9 Å². The maximum absolute atomic E-state index is 11.4. The molecule has 0 unspecified atom stereocenters. The number of hydrogen-bond acceptors (Lipinski definition) is 5. The zero-order valence-corrected chi connectivity index (χ0v) is 9.66. The number of carbonyl (C=O) groups is 1. The molecule has 0 fully saturated rings. The summed E-state index contributed by atoms with van der Waals surface area (Å²) in [5, 5.41) is 19.6. The van der Waals surface area contributed by atoms with E-state index in [4.69, 9.17) is 15.3 Å². The van der Waals surface area contributed by atoms with Crippen LogP contribution in [0.25, 0.3) is 0 Å². The Labute approximate surface area is 98.0 Å². The van der Waals surface area contributed by atoms with Crippen molar-refractivity contribution < 1.29 is 9.53 Å². The lowest BCUT2D eigenvalue weighted by atomic mass is 10.2. The van der Waals surface area contributed by atoms with Gasteiger partial charge < -0.3 is 9.72 Å². The van der Waals surface area contributed by atoms with Crippen molar-refractivity contribution in [2.45, 2.75) is 26.4 Å². The summed E-state index contributed by atoms with van der Waals surface area (Å²) in [4.78, 5) is 17.6. The Kier molecular flexibility index (Phi) is 3.34. The third-order valence-electron chi connectivity index (χ3n) is 1.54. The molecule has 0 aromatic carbocycles. The largest absolute Gasteiger partial charge is 0.444 e. The lowest BCUT2D eigenvalue weighted by Crippen LogP contribution is -2.27. The maximum atomic E-state index is 11.4. The predicted octanol–water partition coefficient (Wildman–Crippen LogP) is 1.50. The molecule has 17 heavy (non-hydrogen) atoms. The topological polar surface area (TPSA) is 115 Å². The molecule has 1 amide bonds. The summed E-state index contributed by atoms with van der Waals surface area (Å²) in [5.74, 6) is 0.00681. The van der Waals surface area contributed by atoms with Gasteiger partial charge in [-0.15, -0.1) is 0 Å². The van der Waals surface area contributed by atoms with E-state index in [1.807, 2.05) is 0 Å². The Bertz CT molecular complexity index is 481. The molecule has 1 aromatic rings. The predicted molar refractivity (Wildman–Crippen MR) is 57.9 cm³/mol. The lowest BCUT2D eigenvalue weighted by Gasteiger charge is -2.18. The number of amides is 1. The Hall–Kier alpha value is -2.54. The van der Waals surface area contributed by atoms with Gasteiger partial charge in [-0.25, -0.2) is 9.78 Å². The van der Waals surface area contributed by atoms with Gasteiger partial charge in [-0.2, -0.15) is 10.5 Å². The van der Waals surface area contributed by atoms with Gasteiger partial charge in [-0.05, 0) is 20.8 Å². The smallest absolute Gasteiger partial charge is 0.414 e. The summed E-state index contributed by atoms with van der Waals surface area (Å²) in [6.07, 6.45) is -0.708. The quantitative estimate of drug-likeness (QED) is 0.762. The molecule has 0 spiro atoms. The molecule has 7 nitrogen and oxygen atoms in total. The summed E-state index contributed by atoms with van der Waals surface area (Å²) in [5.41, 5.74) is -0.704. The van der Waals surface area contributed by atoms with Crippen LogP contribution in [0.5, 0.6) is 0 Å². The highest BCUT2D eigenvalue weighted by Crippen LogP contribution is 2.11. The first kappa shape index (κ1) is 12.5. The molecule has 7 heteroatoms. The highest BCUT2D eigenvalue weighted by Gasteiger charge is 2.18. The van der Waals surface area contributed by atoms with E-state index in [2.05, 4.69) is 15.3 Å². The van der Waals surface area contributed by atoms with Crippen LogP contribution in [0.15, 0.2) is 0 Å². The molecule has 0 radical (unpaired) electrons. The van der Waals surface area contributed by atoms with Crippen LogP contribution in [-0.2, 0) is 4.74 Å². The first-order valence-electron chi connectivity index (χ1n) is 4.76. The lowest BCUT2D eigenvalue weighted by molar-refractivity contribution is 0.0635. The molecule has 0 saturated carbocycles. The second kappa shape index (κ2) is 4.54. The minimum atomic E-state index is -0.708. The molecule has 1 aromatic heterocycles. The van der Waals surface area contributed by atoms with Crippen molar-refractivity contribution >= 4 is 12.0 Å². The van der Waals surface area contributed by atoms with Gasteiger partial charge in [0.1, 0.15) is 17.7 Å². The van der Waals surface area contributed by atoms with Crippen molar-refractivity contribution in [2.24, 2.45) is 0 Å². The first-order chi connectivity index (χ1) is 7.85. The minimum Gasteiger partial charge on any atom is -0.444 e. The zero-order chi connectivity index (χ0) is 13.1. The van der Waals surface area contributed by atoms with E-state index in [0.717, 1.165) is 0 Å². The number of carbonyl (C=O) groups excluding carboxylic acids is 1. The van der Waals surface area contributed by atoms with Crippen LogP contribution < -0.4 is 5.32 Å². The fourth-order valence-electron chi connectivity index (χ4n) is 0.995. The SMILES string of the molecule is CC(C)(C)OC(=O)Nc1nc(C#N)c(C#N)[nH]1. The van der Waals surface area contributed by atoms with Gasteiger partial charge in [0.05, 0.1) is 0 Å². The van der Waals surface area contributed by atoms with Gasteiger partial charge in [-0.1, -0.05) is 0 Å². The Balaban J connectivity index is 2.78. The first-order valence-corrected chi connectivity index (χ1v) is 4.76. The molecule has 0 atom stereocenters. The fourth-order valence-corrected chi connectivity index (χ4v) is 0.995. The van der Waals surface area contributed by atoms with Crippen molar-refractivity contribution in [1.82, 2.24) is 9.97 Å². The van der Waals surface area contributed by atoms with Gasteiger partial charge in [0.25, 0.3) is 0 Å². The molecule has 2 N–H and O–H groups in total. The molecule has 0 saturated heterocycles. The number of rotatable bonds is 1. The van der Waals surface area contributed by atoms with E-state index < -0.39 is 11.7 Å². The Morgan fingerprint density at radius 2 is 2.06 bits per heavy atom. The third kappa shape index (κ3) is 3.50. The molecule has 0 aliphatic rings. The monoisotopic (exact) mass is 233 g/mol. The van der Waals surface area contributed by atoms with Crippen LogP contribution in [0, 0.1) is 22.7 Å². The summed E-state index contributed by atoms with van der Waals surface area (Å²) >= 11 is 0. The average Bonchev–Trinajstić information content (AvgIpc) is 2.56. The van der Waals surface area contributed by atoms with Crippen LogP contribution in [0.1, 0.15) is 32.2 Å². The number of nitrogens with one attached hydrogen (secondary N) is 2. The second-order valence-corrected chi connectivity index (χ2v) is 4.16. The van der Waals surface area contributed by atoms with Gasteiger partial charge in [0.2, 0.25) is 5.95 Å². The molecule has 1 heterocycles. The average molecular weight is 233 g/mol. The van der Waals surface area contributed by atoms with Gasteiger partial charge >= 0.3 is 6.09 Å². The number of aromatic amines is 1. The summed E-state index contributed by atoms with van der Waals surface area (Å²) in [6, 6.07) is 3.49. The molecule has 0 bridgehead atoms. The highest BCUT2D eigenvalue weighted by molar-refractivity contribution is 5.82. The second-order valence-electron chi connectivity index (χ2n) is 4.16. The number of hydrogen-bond donors (Lipinski definition) is 2. The van der Waals surface area contributed by atoms with Gasteiger partial charge in [0.15, 0.2) is 11.4 Å². The van der Waals surface area contributed by atoms with E-state index in [-0.39, 0.29) is 17.3 Å². The van der Waals surface area contributed by atoms with Crippen LogP contribution in [0.4, 0.5) is 10.7 Å². The number of nitrogens with zero attached hydrogens (tertiary/aromatic N) is 3. The summed E-state index contributed by atoms with van der Waals surface area (Å²) in [7, 11) is 0.